The molecule has 0 spiro atoms. The van der Waals surface area contributed by atoms with Gasteiger partial charge in [0.25, 0.3) is 0 Å². The smallest absolute Gasteiger partial charge is 0.307 e. The van der Waals surface area contributed by atoms with E-state index in [1.165, 1.54) is 25.2 Å². The van der Waals surface area contributed by atoms with Crippen LogP contribution in [0.15, 0.2) is 18.2 Å². The summed E-state index contributed by atoms with van der Waals surface area (Å²) in [5, 5.41) is 0. The number of amides is 1. The second-order valence-corrected chi connectivity index (χ2v) is 5.12. The van der Waals surface area contributed by atoms with E-state index in [-0.39, 0.29) is 36.7 Å². The zero-order valence-corrected chi connectivity index (χ0v) is 13.1. The van der Waals surface area contributed by atoms with Gasteiger partial charge in [0.15, 0.2) is 0 Å². The van der Waals surface area contributed by atoms with Gasteiger partial charge in [-0.15, -0.1) is 12.4 Å². The van der Waals surface area contributed by atoms with Gasteiger partial charge >= 0.3 is 5.97 Å². The summed E-state index contributed by atoms with van der Waals surface area (Å²) in [6, 6.07) is 6.10. The van der Waals surface area contributed by atoms with Crippen molar-refractivity contribution >= 4 is 30.0 Å². The minimum absolute atomic E-state index is 0. The summed E-state index contributed by atoms with van der Waals surface area (Å²) >= 11 is 0. The number of ether oxygens (including phenoxy) is 1. The van der Waals surface area contributed by atoms with Crippen LogP contribution >= 0.6 is 12.4 Å². The van der Waals surface area contributed by atoms with Gasteiger partial charge in [-0.05, 0) is 36.1 Å². The van der Waals surface area contributed by atoms with Gasteiger partial charge < -0.3 is 15.4 Å². The van der Waals surface area contributed by atoms with Crippen LogP contribution in [0.3, 0.4) is 0 Å². The second-order valence-electron chi connectivity index (χ2n) is 5.12. The Balaban J connectivity index is 0.00000220. The highest BCUT2D eigenvalue weighted by Crippen LogP contribution is 2.26. The summed E-state index contributed by atoms with van der Waals surface area (Å²) in [5.74, 6) is -0.407. The lowest BCUT2D eigenvalue weighted by Crippen LogP contribution is -2.31. The summed E-state index contributed by atoms with van der Waals surface area (Å²) in [6.45, 7) is 1.82. The molecular weight excluding hydrogens is 292 g/mol. The normalized spacial score (nSPS) is 15.9. The Hall–Kier alpha value is -1.59. The van der Waals surface area contributed by atoms with Crippen molar-refractivity contribution in [3.05, 3.63) is 29.3 Å². The molecule has 6 heteroatoms. The van der Waals surface area contributed by atoms with E-state index in [9.17, 15) is 9.59 Å². The monoisotopic (exact) mass is 312 g/mol. The molecule has 5 nitrogen and oxygen atoms in total. The maximum atomic E-state index is 11.8. The SMILES string of the molecule is COC(=O)CCN(C(C)=O)c1ccc2c(c1)CC(N)C2.Cl. The lowest BCUT2D eigenvalue weighted by atomic mass is 10.1. The molecule has 0 heterocycles. The van der Waals surface area contributed by atoms with Crippen molar-refractivity contribution in [3.63, 3.8) is 0 Å². The number of anilines is 1. The molecule has 2 N–H and O–H groups in total. The molecule has 116 valence electrons. The Morgan fingerprint density at radius 3 is 2.62 bits per heavy atom. The molecule has 0 aliphatic heterocycles. The van der Waals surface area contributed by atoms with Gasteiger partial charge in [0.2, 0.25) is 5.91 Å². The lowest BCUT2D eigenvalue weighted by Gasteiger charge is -2.21. The number of rotatable bonds is 4. The first-order valence-electron chi connectivity index (χ1n) is 6.73. The minimum Gasteiger partial charge on any atom is -0.469 e. The number of halogens is 1. The topological polar surface area (TPSA) is 72.6 Å². The van der Waals surface area contributed by atoms with Gasteiger partial charge in [-0.25, -0.2) is 0 Å². The summed E-state index contributed by atoms with van der Waals surface area (Å²) in [7, 11) is 1.34. The lowest BCUT2D eigenvalue weighted by molar-refractivity contribution is -0.140. The first-order chi connectivity index (χ1) is 9.51. The Kier molecular flexibility index (Phi) is 6.18. The number of benzene rings is 1. The number of hydrogen-bond donors (Lipinski definition) is 1. The predicted octanol–water partition coefficient (Wildman–Crippen LogP) is 1.45. The highest BCUT2D eigenvalue weighted by Gasteiger charge is 2.20. The second kappa shape index (κ2) is 7.43. The maximum Gasteiger partial charge on any atom is 0.307 e. The van der Waals surface area contributed by atoms with E-state index in [4.69, 9.17) is 5.73 Å². The zero-order chi connectivity index (χ0) is 14.7. The van der Waals surface area contributed by atoms with Crippen molar-refractivity contribution in [2.75, 3.05) is 18.6 Å². The third-order valence-electron chi connectivity index (χ3n) is 3.61. The number of hydrogen-bond acceptors (Lipinski definition) is 4. The van der Waals surface area contributed by atoms with Crippen LogP contribution in [0.25, 0.3) is 0 Å². The summed E-state index contributed by atoms with van der Waals surface area (Å²) in [5.41, 5.74) is 9.20. The Morgan fingerprint density at radius 2 is 2.00 bits per heavy atom. The van der Waals surface area contributed by atoms with Gasteiger partial charge in [-0.1, -0.05) is 6.07 Å². The van der Waals surface area contributed by atoms with Crippen LogP contribution in [0.5, 0.6) is 0 Å². The number of methoxy groups -OCH3 is 1. The average Bonchev–Trinajstić information content (AvgIpc) is 2.77. The highest BCUT2D eigenvalue weighted by molar-refractivity contribution is 5.92. The molecule has 0 radical (unpaired) electrons. The van der Waals surface area contributed by atoms with Crippen LogP contribution in [0, 0.1) is 0 Å². The van der Waals surface area contributed by atoms with Crippen LogP contribution < -0.4 is 10.6 Å². The fourth-order valence-corrected chi connectivity index (χ4v) is 2.58. The van der Waals surface area contributed by atoms with E-state index in [1.54, 1.807) is 4.90 Å². The number of nitrogens with two attached hydrogens (primary N) is 1. The van der Waals surface area contributed by atoms with E-state index in [0.29, 0.717) is 6.54 Å². The van der Waals surface area contributed by atoms with Crippen molar-refractivity contribution in [2.45, 2.75) is 32.2 Å². The van der Waals surface area contributed by atoms with Crippen LogP contribution in [0.4, 0.5) is 5.69 Å². The molecule has 1 aliphatic carbocycles. The van der Waals surface area contributed by atoms with Gasteiger partial charge in [0.1, 0.15) is 0 Å². The van der Waals surface area contributed by atoms with Crippen molar-refractivity contribution in [3.8, 4) is 0 Å². The van der Waals surface area contributed by atoms with Crippen LogP contribution in [0.2, 0.25) is 0 Å². The molecule has 0 fully saturated rings. The summed E-state index contributed by atoms with van der Waals surface area (Å²) < 4.78 is 4.61. The largest absolute Gasteiger partial charge is 0.469 e. The highest BCUT2D eigenvalue weighted by atomic mass is 35.5. The zero-order valence-electron chi connectivity index (χ0n) is 12.3. The standard InChI is InChI=1S/C15H20N2O3.ClH/c1-10(18)17(6-5-15(19)20-2)14-4-3-11-7-13(16)8-12(11)9-14;/h3-4,9,13H,5-8,16H2,1-2H3;1H. The number of carbonyl (C=O) groups excluding carboxylic acids is 2. The summed E-state index contributed by atoms with van der Waals surface area (Å²) in [4.78, 5) is 24.6. The first kappa shape index (κ1) is 17.5. The van der Waals surface area contributed by atoms with E-state index < -0.39 is 0 Å². The molecular formula is C15H21ClN2O3. The Labute approximate surface area is 130 Å². The van der Waals surface area contributed by atoms with Gasteiger partial charge in [0, 0.05) is 25.2 Å². The number of fused-ring (bicyclic) bond motifs is 1. The molecule has 0 bridgehead atoms. The molecule has 1 aromatic carbocycles. The van der Waals surface area contributed by atoms with E-state index in [0.717, 1.165) is 18.5 Å². The van der Waals surface area contributed by atoms with E-state index in [2.05, 4.69) is 4.74 Å². The predicted molar refractivity (Wildman–Crippen MR) is 83.7 cm³/mol. The molecule has 1 atom stereocenters. The molecule has 1 aromatic rings. The molecule has 1 aliphatic rings. The van der Waals surface area contributed by atoms with Gasteiger partial charge in [-0.3, -0.25) is 9.59 Å². The van der Waals surface area contributed by atoms with Crippen LogP contribution in [0.1, 0.15) is 24.5 Å². The average molecular weight is 313 g/mol. The number of nitrogens with zero attached hydrogens (tertiary/aromatic N) is 1. The molecule has 1 unspecified atom stereocenters. The molecule has 0 saturated carbocycles. The minimum atomic E-state index is -0.320. The molecule has 1 amide bonds. The molecule has 2 rings (SSSR count). The van der Waals surface area contributed by atoms with E-state index >= 15 is 0 Å². The van der Waals surface area contributed by atoms with E-state index in [1.807, 2.05) is 18.2 Å². The fourth-order valence-electron chi connectivity index (χ4n) is 2.58. The summed E-state index contributed by atoms with van der Waals surface area (Å²) in [6.07, 6.45) is 1.91. The first-order valence-corrected chi connectivity index (χ1v) is 6.73. The van der Waals surface area contributed by atoms with Crippen molar-refractivity contribution in [1.82, 2.24) is 0 Å². The van der Waals surface area contributed by atoms with Gasteiger partial charge in [0.05, 0.1) is 13.5 Å². The van der Waals surface area contributed by atoms with Crippen LogP contribution in [-0.4, -0.2) is 31.6 Å². The van der Waals surface area contributed by atoms with Crippen molar-refractivity contribution in [2.24, 2.45) is 5.73 Å². The quantitative estimate of drug-likeness (QED) is 0.854. The third kappa shape index (κ3) is 4.19. The molecule has 21 heavy (non-hydrogen) atoms. The van der Waals surface area contributed by atoms with Crippen LogP contribution in [-0.2, 0) is 27.2 Å². The maximum absolute atomic E-state index is 11.8. The Bertz CT molecular complexity index is 534. The number of esters is 1. The Morgan fingerprint density at radius 1 is 1.33 bits per heavy atom. The molecule has 0 saturated heterocycles. The number of carbonyl (C=O) groups is 2. The van der Waals surface area contributed by atoms with Gasteiger partial charge in [-0.2, -0.15) is 0 Å². The third-order valence-corrected chi connectivity index (χ3v) is 3.61. The fraction of sp³-hybridized carbons (Fsp3) is 0.467. The molecule has 0 aromatic heterocycles. The van der Waals surface area contributed by atoms with Crippen molar-refractivity contribution < 1.29 is 14.3 Å². The van der Waals surface area contributed by atoms with Crippen molar-refractivity contribution in [1.29, 1.82) is 0 Å².